The summed E-state index contributed by atoms with van der Waals surface area (Å²) in [5, 5.41) is 0.445. The maximum absolute atomic E-state index is 13.9. The maximum atomic E-state index is 13.9. The molecule has 1 fully saturated rings. The van der Waals surface area contributed by atoms with Crippen LogP contribution in [0.3, 0.4) is 0 Å². The van der Waals surface area contributed by atoms with Crippen LogP contribution >= 0.6 is 23.4 Å². The first-order valence-corrected chi connectivity index (χ1v) is 8.42. The molecule has 2 nitrogen and oxygen atoms in total. The van der Waals surface area contributed by atoms with E-state index in [0.29, 0.717) is 16.6 Å². The number of aromatic nitrogens is 2. The van der Waals surface area contributed by atoms with Gasteiger partial charge in [0.2, 0.25) is 0 Å². The quantitative estimate of drug-likeness (QED) is 0.775. The van der Waals surface area contributed by atoms with E-state index in [1.165, 1.54) is 6.07 Å². The summed E-state index contributed by atoms with van der Waals surface area (Å²) in [6.07, 6.45) is 5.31. The molecule has 3 rings (SSSR count). The van der Waals surface area contributed by atoms with Crippen molar-refractivity contribution in [3.05, 3.63) is 29.6 Å². The highest BCUT2D eigenvalue weighted by atomic mass is 35.5. The minimum atomic E-state index is -0.621. The number of halogens is 3. The molecule has 0 N–H and O–H groups in total. The van der Waals surface area contributed by atoms with Crippen LogP contribution in [0.25, 0.3) is 11.0 Å². The molecule has 1 heterocycles. The van der Waals surface area contributed by atoms with Crippen molar-refractivity contribution in [2.24, 2.45) is 0 Å². The Morgan fingerprint density at radius 1 is 1.40 bits per heavy atom. The van der Waals surface area contributed by atoms with Gasteiger partial charge in [0.25, 0.3) is 0 Å². The molecule has 6 heteroatoms. The van der Waals surface area contributed by atoms with E-state index in [-0.39, 0.29) is 17.4 Å². The first-order valence-electron chi connectivity index (χ1n) is 6.60. The highest BCUT2D eigenvalue weighted by molar-refractivity contribution is 7.99. The fourth-order valence-electron chi connectivity index (χ4n) is 3.11. The summed E-state index contributed by atoms with van der Waals surface area (Å²) in [4.78, 5) is 4.27. The molecule has 108 valence electrons. The van der Waals surface area contributed by atoms with Crippen molar-refractivity contribution in [1.82, 2.24) is 9.55 Å². The van der Waals surface area contributed by atoms with Gasteiger partial charge in [-0.3, -0.25) is 0 Å². The van der Waals surface area contributed by atoms with Gasteiger partial charge in [0, 0.05) is 17.4 Å². The summed E-state index contributed by atoms with van der Waals surface area (Å²) < 4.78 is 29.4. The first kappa shape index (κ1) is 14.1. The van der Waals surface area contributed by atoms with Gasteiger partial charge in [-0.15, -0.1) is 11.6 Å². The van der Waals surface area contributed by atoms with E-state index < -0.39 is 11.6 Å². The van der Waals surface area contributed by atoms with Gasteiger partial charge in [0.1, 0.15) is 17.2 Å². The molecular formula is C14H15ClF2N2S. The number of thioether (sulfide) groups is 1. The minimum Gasteiger partial charge on any atom is -0.323 e. The van der Waals surface area contributed by atoms with E-state index >= 15 is 0 Å². The highest BCUT2D eigenvalue weighted by Gasteiger charge is 2.31. The predicted molar refractivity (Wildman–Crippen MR) is 79.4 cm³/mol. The number of hydrogen-bond acceptors (Lipinski definition) is 2. The number of rotatable bonds is 3. The monoisotopic (exact) mass is 316 g/mol. The summed E-state index contributed by atoms with van der Waals surface area (Å²) in [5.74, 6) is -0.371. The molecule has 1 aliphatic carbocycles. The fourth-order valence-corrected chi connectivity index (χ4v) is 4.27. The minimum absolute atomic E-state index is 0.202. The molecule has 0 bridgehead atoms. The van der Waals surface area contributed by atoms with Crippen LogP contribution in [0.15, 0.2) is 12.1 Å². The van der Waals surface area contributed by atoms with Crippen LogP contribution in [0.2, 0.25) is 0 Å². The zero-order valence-electron chi connectivity index (χ0n) is 11.1. The van der Waals surface area contributed by atoms with Crippen LogP contribution in [0.4, 0.5) is 8.78 Å². The van der Waals surface area contributed by atoms with Crippen LogP contribution in [0.1, 0.15) is 31.1 Å². The number of benzene rings is 1. The van der Waals surface area contributed by atoms with Crippen molar-refractivity contribution in [3.63, 3.8) is 0 Å². The molecule has 0 amide bonds. The molecule has 0 spiro atoms. The van der Waals surface area contributed by atoms with Crippen molar-refractivity contribution >= 4 is 34.4 Å². The first-order chi connectivity index (χ1) is 9.65. The van der Waals surface area contributed by atoms with E-state index in [4.69, 9.17) is 11.6 Å². The number of hydrogen-bond donors (Lipinski definition) is 0. The average Bonchev–Trinajstić information content (AvgIpc) is 3.01. The third-order valence-corrected chi connectivity index (χ3v) is 5.35. The normalized spacial score (nSPS) is 22.8. The lowest BCUT2D eigenvalue weighted by Crippen LogP contribution is -2.17. The van der Waals surface area contributed by atoms with Crippen molar-refractivity contribution in [3.8, 4) is 0 Å². The van der Waals surface area contributed by atoms with Crippen LogP contribution < -0.4 is 0 Å². The Labute approximate surface area is 125 Å². The second-order valence-corrected chi connectivity index (χ2v) is 6.40. The van der Waals surface area contributed by atoms with E-state index in [1.807, 2.05) is 4.57 Å². The lowest BCUT2D eigenvalue weighted by atomic mass is 10.2. The zero-order chi connectivity index (χ0) is 14.3. The van der Waals surface area contributed by atoms with Gasteiger partial charge in [0.05, 0.1) is 11.4 Å². The summed E-state index contributed by atoms with van der Waals surface area (Å²) in [7, 11) is 0. The summed E-state index contributed by atoms with van der Waals surface area (Å²) in [5.41, 5.74) is 0.734. The van der Waals surface area contributed by atoms with Crippen LogP contribution in [0, 0.1) is 11.6 Å². The fraction of sp³-hybridized carbons (Fsp3) is 0.500. The van der Waals surface area contributed by atoms with Gasteiger partial charge in [-0.2, -0.15) is 11.8 Å². The van der Waals surface area contributed by atoms with Crippen molar-refractivity contribution < 1.29 is 8.78 Å². The standard InChI is InChI=1S/C14H15ClF2N2S/c1-20-12-4-2-3-10(12)19-11-6-8(16)5-9(17)14(11)18-13(19)7-15/h5-6,10,12H,2-4,7H2,1H3. The third kappa shape index (κ3) is 2.21. The summed E-state index contributed by atoms with van der Waals surface area (Å²) in [6, 6.07) is 2.44. The Morgan fingerprint density at radius 3 is 2.90 bits per heavy atom. The Balaban J connectivity index is 2.22. The second-order valence-electron chi connectivity index (χ2n) is 5.06. The van der Waals surface area contributed by atoms with E-state index in [9.17, 15) is 8.78 Å². The molecule has 2 atom stereocenters. The molecule has 1 aromatic carbocycles. The van der Waals surface area contributed by atoms with E-state index in [1.54, 1.807) is 11.8 Å². The molecule has 20 heavy (non-hydrogen) atoms. The van der Waals surface area contributed by atoms with Gasteiger partial charge < -0.3 is 4.57 Å². The van der Waals surface area contributed by atoms with Crippen molar-refractivity contribution in [2.75, 3.05) is 6.26 Å². The SMILES string of the molecule is CSC1CCCC1n1c(CCl)nc2c(F)cc(F)cc21. The topological polar surface area (TPSA) is 17.8 Å². The Hall–Kier alpha value is -0.810. The van der Waals surface area contributed by atoms with Gasteiger partial charge in [-0.25, -0.2) is 13.8 Å². The van der Waals surface area contributed by atoms with Gasteiger partial charge >= 0.3 is 0 Å². The smallest absolute Gasteiger partial charge is 0.153 e. The van der Waals surface area contributed by atoms with Gasteiger partial charge in [-0.1, -0.05) is 6.42 Å². The number of nitrogens with zero attached hydrogens (tertiary/aromatic N) is 2. The molecule has 1 saturated carbocycles. The molecule has 1 aromatic heterocycles. The lowest BCUT2D eigenvalue weighted by Gasteiger charge is -2.22. The number of fused-ring (bicyclic) bond motifs is 1. The van der Waals surface area contributed by atoms with E-state index in [2.05, 4.69) is 11.2 Å². The van der Waals surface area contributed by atoms with Gasteiger partial charge in [0.15, 0.2) is 5.82 Å². The molecule has 2 unspecified atom stereocenters. The number of imidazole rings is 1. The largest absolute Gasteiger partial charge is 0.323 e. The van der Waals surface area contributed by atoms with Crippen LogP contribution in [-0.2, 0) is 5.88 Å². The summed E-state index contributed by atoms with van der Waals surface area (Å²) >= 11 is 7.75. The molecule has 0 radical (unpaired) electrons. The Bertz CT molecular complexity index is 644. The van der Waals surface area contributed by atoms with Crippen LogP contribution in [0.5, 0.6) is 0 Å². The average molecular weight is 317 g/mol. The molecule has 0 aliphatic heterocycles. The van der Waals surface area contributed by atoms with Gasteiger partial charge in [-0.05, 0) is 25.2 Å². The number of alkyl halides is 1. The third-order valence-electron chi connectivity index (χ3n) is 3.96. The molecule has 1 aliphatic rings. The summed E-state index contributed by atoms with van der Waals surface area (Å²) in [6.45, 7) is 0. The Morgan fingerprint density at radius 2 is 2.20 bits per heavy atom. The zero-order valence-corrected chi connectivity index (χ0v) is 12.6. The lowest BCUT2D eigenvalue weighted by molar-refractivity contribution is 0.526. The molecule has 0 saturated heterocycles. The highest BCUT2D eigenvalue weighted by Crippen LogP contribution is 2.40. The predicted octanol–water partition coefficient (Wildman–Crippen LogP) is 4.51. The maximum Gasteiger partial charge on any atom is 0.153 e. The van der Waals surface area contributed by atoms with Crippen molar-refractivity contribution in [2.45, 2.75) is 36.4 Å². The molecule has 2 aromatic rings. The van der Waals surface area contributed by atoms with E-state index in [0.717, 1.165) is 25.3 Å². The molecular weight excluding hydrogens is 302 g/mol. The van der Waals surface area contributed by atoms with Crippen LogP contribution in [-0.4, -0.2) is 21.1 Å². The Kier molecular flexibility index (Phi) is 3.91. The van der Waals surface area contributed by atoms with Crippen molar-refractivity contribution in [1.29, 1.82) is 0 Å². The second kappa shape index (κ2) is 5.53.